The number of benzene rings is 2. The quantitative estimate of drug-likeness (QED) is 0.436. The van der Waals surface area contributed by atoms with Gasteiger partial charge in [-0.1, -0.05) is 36.4 Å². The van der Waals surface area contributed by atoms with E-state index in [9.17, 15) is 0 Å². The fourth-order valence-corrected chi connectivity index (χ4v) is 6.51. The Morgan fingerprint density at radius 1 is 1.03 bits per heavy atom. The highest BCUT2D eigenvalue weighted by atomic mass is 16.5. The molecule has 37 heavy (non-hydrogen) atoms. The lowest BCUT2D eigenvalue weighted by molar-refractivity contribution is 0.188. The summed E-state index contributed by atoms with van der Waals surface area (Å²) in [4.78, 5) is 19.6. The van der Waals surface area contributed by atoms with Gasteiger partial charge in [0, 0.05) is 43.0 Å². The first-order chi connectivity index (χ1) is 18.1. The third-order valence-electron chi connectivity index (χ3n) is 8.51. The molecule has 3 aliphatic rings. The van der Waals surface area contributed by atoms with Crippen LogP contribution in [-0.4, -0.2) is 71.3 Å². The average Bonchev–Trinajstić information content (AvgIpc) is 3.49. The van der Waals surface area contributed by atoms with Crippen LogP contribution < -0.4 is 15.0 Å². The maximum absolute atomic E-state index is 6.27. The van der Waals surface area contributed by atoms with Gasteiger partial charge in [-0.15, -0.1) is 0 Å². The summed E-state index contributed by atoms with van der Waals surface area (Å²) >= 11 is 0. The number of pyridine rings is 1. The van der Waals surface area contributed by atoms with E-state index in [1.165, 1.54) is 41.2 Å². The largest absolute Gasteiger partial charge is 0.462 e. The summed E-state index contributed by atoms with van der Waals surface area (Å²) in [5, 5.41) is 6.23. The fraction of sp³-hybridized carbons (Fsp3) is 0.433. The first-order valence-electron chi connectivity index (χ1n) is 13.6. The normalized spacial score (nSPS) is 23.8. The zero-order valence-electron chi connectivity index (χ0n) is 21.7. The molecule has 0 radical (unpaired) electrons. The first kappa shape index (κ1) is 22.9. The third-order valence-corrected chi connectivity index (χ3v) is 8.51. The van der Waals surface area contributed by atoms with Gasteiger partial charge in [-0.3, -0.25) is 4.98 Å². The smallest absolute Gasteiger partial charge is 0.319 e. The van der Waals surface area contributed by atoms with Crippen LogP contribution >= 0.6 is 0 Å². The Morgan fingerprint density at radius 3 is 2.62 bits per heavy atom. The topological polar surface area (TPSA) is 66.4 Å². The summed E-state index contributed by atoms with van der Waals surface area (Å²) in [6, 6.07) is 17.0. The van der Waals surface area contributed by atoms with Gasteiger partial charge in [-0.2, -0.15) is 9.97 Å². The second kappa shape index (κ2) is 9.23. The van der Waals surface area contributed by atoms with Gasteiger partial charge in [0.25, 0.3) is 0 Å². The average molecular weight is 495 g/mol. The minimum atomic E-state index is 0.417. The second-order valence-electron chi connectivity index (χ2n) is 11.0. The van der Waals surface area contributed by atoms with Crippen molar-refractivity contribution in [3.63, 3.8) is 0 Å². The van der Waals surface area contributed by atoms with Crippen molar-refractivity contribution in [3.05, 3.63) is 54.2 Å². The lowest BCUT2D eigenvalue weighted by Gasteiger charge is -2.34. The van der Waals surface area contributed by atoms with Crippen LogP contribution in [0.25, 0.3) is 32.9 Å². The monoisotopic (exact) mass is 494 g/mol. The number of piperazine rings is 1. The Balaban J connectivity index is 1.32. The van der Waals surface area contributed by atoms with Gasteiger partial charge in [0.15, 0.2) is 5.82 Å². The summed E-state index contributed by atoms with van der Waals surface area (Å²) in [6.07, 6.45) is 6.81. The summed E-state index contributed by atoms with van der Waals surface area (Å²) in [6.45, 7) is 5.80. The lowest BCUT2D eigenvalue weighted by Crippen LogP contribution is -2.51. The molecule has 1 N–H and O–H groups in total. The standard InChI is InChI=1S/C30H34N6O/c1-19-6-3-7-20-8-4-10-25(27(19)20)21-14-26-28(31-15-21)29(36-16-22-11-12-23(17-36)32-22)34-30(33-26)37-18-24-9-5-13-35(24)2/h3-4,6-8,10,14-15,22-24,32H,5,9,11-13,16-18H2,1-2H3. The molecular formula is C30H34N6O. The Kier molecular flexibility index (Phi) is 5.70. The molecular weight excluding hydrogens is 460 g/mol. The maximum Gasteiger partial charge on any atom is 0.319 e. The van der Waals surface area contributed by atoms with Crippen LogP contribution in [0.2, 0.25) is 0 Å². The minimum absolute atomic E-state index is 0.417. The van der Waals surface area contributed by atoms with Crippen molar-refractivity contribution in [3.8, 4) is 17.1 Å². The van der Waals surface area contributed by atoms with Crippen LogP contribution in [0.3, 0.4) is 0 Å². The van der Waals surface area contributed by atoms with Crippen molar-refractivity contribution >= 4 is 27.6 Å². The number of anilines is 1. The van der Waals surface area contributed by atoms with E-state index in [4.69, 9.17) is 19.7 Å². The number of likely N-dealkylation sites (tertiary alicyclic amines) is 1. The molecule has 5 heterocycles. The fourth-order valence-electron chi connectivity index (χ4n) is 6.51. The van der Waals surface area contributed by atoms with Crippen molar-refractivity contribution in [2.45, 2.75) is 50.7 Å². The van der Waals surface area contributed by atoms with Crippen LogP contribution in [0.4, 0.5) is 5.82 Å². The van der Waals surface area contributed by atoms with E-state index in [0.29, 0.717) is 30.7 Å². The molecule has 0 aliphatic carbocycles. The van der Waals surface area contributed by atoms with Gasteiger partial charge >= 0.3 is 6.01 Å². The molecule has 0 amide bonds. The van der Waals surface area contributed by atoms with Crippen molar-refractivity contribution < 1.29 is 4.74 Å². The SMILES string of the molecule is Cc1cccc2cccc(-c3cnc4c(N5CC6CCC(C5)N6)nc(OCC5CCCN5C)nc4c3)c12. The van der Waals surface area contributed by atoms with E-state index >= 15 is 0 Å². The summed E-state index contributed by atoms with van der Waals surface area (Å²) in [7, 11) is 2.17. The van der Waals surface area contributed by atoms with E-state index in [1.54, 1.807) is 0 Å². The Hall–Kier alpha value is -3.29. The van der Waals surface area contributed by atoms with E-state index < -0.39 is 0 Å². The highest BCUT2D eigenvalue weighted by Gasteiger charge is 2.34. The number of likely N-dealkylation sites (N-methyl/N-ethyl adjacent to an activating group) is 1. The minimum Gasteiger partial charge on any atom is -0.462 e. The van der Waals surface area contributed by atoms with Crippen LogP contribution in [0.1, 0.15) is 31.2 Å². The molecule has 0 saturated carbocycles. The number of ether oxygens (including phenoxy) is 1. The van der Waals surface area contributed by atoms with Crippen molar-refractivity contribution in [2.24, 2.45) is 0 Å². The highest BCUT2D eigenvalue weighted by Crippen LogP contribution is 2.35. The zero-order chi connectivity index (χ0) is 24.9. The third kappa shape index (κ3) is 4.20. The van der Waals surface area contributed by atoms with Crippen molar-refractivity contribution in [1.29, 1.82) is 0 Å². The van der Waals surface area contributed by atoms with Crippen molar-refractivity contribution in [1.82, 2.24) is 25.2 Å². The number of hydrogen-bond acceptors (Lipinski definition) is 7. The van der Waals surface area contributed by atoms with Crippen LogP contribution in [0.5, 0.6) is 6.01 Å². The number of aromatic nitrogens is 3. The Labute approximate surface area is 217 Å². The van der Waals surface area contributed by atoms with Gasteiger partial charge in [0.2, 0.25) is 0 Å². The van der Waals surface area contributed by atoms with Gasteiger partial charge in [-0.05, 0) is 74.2 Å². The highest BCUT2D eigenvalue weighted by molar-refractivity contribution is 6.00. The maximum atomic E-state index is 6.27. The molecule has 7 nitrogen and oxygen atoms in total. The van der Waals surface area contributed by atoms with Crippen LogP contribution in [0.15, 0.2) is 48.7 Å². The molecule has 3 aliphatic heterocycles. The molecule has 4 aromatic rings. The van der Waals surface area contributed by atoms with Crippen LogP contribution in [0, 0.1) is 6.92 Å². The molecule has 7 heteroatoms. The molecule has 2 bridgehead atoms. The number of fused-ring (bicyclic) bond motifs is 4. The number of nitrogens with one attached hydrogen (secondary N) is 1. The van der Waals surface area contributed by atoms with Gasteiger partial charge in [-0.25, -0.2) is 0 Å². The van der Waals surface area contributed by atoms with E-state index in [-0.39, 0.29) is 0 Å². The molecule has 3 fully saturated rings. The number of rotatable bonds is 5. The summed E-state index contributed by atoms with van der Waals surface area (Å²) < 4.78 is 6.27. The van der Waals surface area contributed by atoms with E-state index in [0.717, 1.165) is 48.5 Å². The van der Waals surface area contributed by atoms with Crippen molar-refractivity contribution in [2.75, 3.05) is 38.2 Å². The predicted molar refractivity (Wildman–Crippen MR) is 148 cm³/mol. The molecule has 2 aromatic carbocycles. The molecule has 3 atom stereocenters. The molecule has 2 aromatic heterocycles. The lowest BCUT2D eigenvalue weighted by atomic mass is 9.96. The summed E-state index contributed by atoms with van der Waals surface area (Å²) in [5.41, 5.74) is 5.21. The Bertz CT molecular complexity index is 1450. The number of nitrogens with zero attached hydrogens (tertiary/aromatic N) is 5. The predicted octanol–water partition coefficient (Wildman–Crippen LogP) is 4.57. The second-order valence-corrected chi connectivity index (χ2v) is 11.0. The zero-order valence-corrected chi connectivity index (χ0v) is 21.7. The van der Waals surface area contributed by atoms with E-state index in [2.05, 4.69) is 71.6 Å². The Morgan fingerprint density at radius 2 is 1.84 bits per heavy atom. The van der Waals surface area contributed by atoms with Gasteiger partial charge in [0.05, 0.1) is 5.52 Å². The molecule has 190 valence electrons. The molecule has 3 saturated heterocycles. The van der Waals surface area contributed by atoms with E-state index in [1.807, 2.05) is 6.20 Å². The van der Waals surface area contributed by atoms with Crippen LogP contribution in [-0.2, 0) is 0 Å². The van der Waals surface area contributed by atoms with Gasteiger partial charge in [0.1, 0.15) is 12.1 Å². The van der Waals surface area contributed by atoms with Gasteiger partial charge < -0.3 is 19.9 Å². The number of aryl methyl sites for hydroxylation is 1. The first-order valence-corrected chi connectivity index (χ1v) is 13.6. The number of hydrogen-bond donors (Lipinski definition) is 1. The molecule has 3 unspecified atom stereocenters. The molecule has 0 spiro atoms. The summed E-state index contributed by atoms with van der Waals surface area (Å²) in [5.74, 6) is 0.902. The molecule has 7 rings (SSSR count).